The van der Waals surface area contributed by atoms with Gasteiger partial charge in [-0.2, -0.15) is 12.6 Å². The van der Waals surface area contributed by atoms with Crippen molar-refractivity contribution in [2.24, 2.45) is 46.8 Å². The van der Waals surface area contributed by atoms with Gasteiger partial charge in [-0.25, -0.2) is 0 Å². The normalized spacial score (nSPS) is 66.5. The van der Waals surface area contributed by atoms with E-state index in [2.05, 4.69) is 0 Å². The molecule has 5 saturated carbocycles. The fourth-order valence-corrected chi connectivity index (χ4v) is 8.23. The van der Waals surface area contributed by atoms with Crippen LogP contribution in [-0.2, 0) is 0 Å². The number of fused-ring (bicyclic) bond motifs is 12. The second-order valence-electron chi connectivity index (χ2n) is 7.95. The van der Waals surface area contributed by atoms with Gasteiger partial charge in [-0.3, -0.25) is 0 Å². The SMILES string of the molecule is SCC12CCC(C1)C1C3CC(C4CCCC43)C12. The van der Waals surface area contributed by atoms with Crippen LogP contribution in [0, 0.1) is 46.8 Å². The maximum absolute atomic E-state index is 4.78. The molecule has 5 aliphatic rings. The van der Waals surface area contributed by atoms with Gasteiger partial charge >= 0.3 is 0 Å². The van der Waals surface area contributed by atoms with Gasteiger partial charge < -0.3 is 0 Å². The minimum absolute atomic E-state index is 0.714. The molecule has 8 unspecified atom stereocenters. The second-order valence-corrected chi connectivity index (χ2v) is 8.26. The lowest BCUT2D eigenvalue weighted by molar-refractivity contribution is 0.0362. The molecule has 0 spiro atoms. The highest BCUT2D eigenvalue weighted by Crippen LogP contribution is 2.76. The lowest BCUT2D eigenvalue weighted by atomic mass is 9.60. The van der Waals surface area contributed by atoms with Gasteiger partial charge in [0.05, 0.1) is 0 Å². The van der Waals surface area contributed by atoms with Gasteiger partial charge in [0.2, 0.25) is 0 Å². The van der Waals surface area contributed by atoms with Crippen molar-refractivity contribution in [1.82, 2.24) is 0 Å². The molecule has 0 radical (unpaired) electrons. The van der Waals surface area contributed by atoms with Crippen molar-refractivity contribution < 1.29 is 0 Å². The lowest BCUT2D eigenvalue weighted by Crippen LogP contribution is -2.41. The Morgan fingerprint density at radius 2 is 1.82 bits per heavy atom. The molecule has 5 rings (SSSR count). The van der Waals surface area contributed by atoms with E-state index in [0.717, 1.165) is 23.7 Å². The Balaban J connectivity index is 1.59. The van der Waals surface area contributed by atoms with Crippen molar-refractivity contribution in [2.45, 2.75) is 44.9 Å². The van der Waals surface area contributed by atoms with Crippen LogP contribution in [0.2, 0.25) is 0 Å². The summed E-state index contributed by atoms with van der Waals surface area (Å²) in [6.07, 6.45) is 11.0. The fraction of sp³-hybridized carbons (Fsp3) is 1.00. The summed E-state index contributed by atoms with van der Waals surface area (Å²) in [5, 5.41) is 0. The molecule has 0 amide bonds. The first kappa shape index (κ1) is 10.2. The van der Waals surface area contributed by atoms with E-state index in [9.17, 15) is 0 Å². The molecule has 0 aromatic rings. The predicted octanol–water partition coefficient (Wildman–Crippen LogP) is 4.01. The monoisotopic (exact) mass is 248 g/mol. The molecule has 0 aromatic carbocycles. The van der Waals surface area contributed by atoms with Gasteiger partial charge in [0.25, 0.3) is 0 Å². The Kier molecular flexibility index (Phi) is 1.85. The Bertz CT molecular complexity index is 365. The van der Waals surface area contributed by atoms with Crippen LogP contribution in [-0.4, -0.2) is 5.75 Å². The molecule has 5 aliphatic carbocycles. The van der Waals surface area contributed by atoms with Crippen LogP contribution in [0.1, 0.15) is 44.9 Å². The predicted molar refractivity (Wildman–Crippen MR) is 73.0 cm³/mol. The van der Waals surface area contributed by atoms with Gasteiger partial charge in [-0.15, -0.1) is 0 Å². The zero-order chi connectivity index (χ0) is 11.2. The zero-order valence-corrected chi connectivity index (χ0v) is 11.5. The Labute approximate surface area is 110 Å². The summed E-state index contributed by atoms with van der Waals surface area (Å²) in [5.41, 5.74) is 0.714. The molecule has 4 bridgehead atoms. The highest BCUT2D eigenvalue weighted by molar-refractivity contribution is 7.80. The second kappa shape index (κ2) is 3.08. The van der Waals surface area contributed by atoms with Gasteiger partial charge in [0, 0.05) is 0 Å². The first-order valence-electron chi connectivity index (χ1n) is 7.95. The molecule has 8 atom stereocenters. The van der Waals surface area contributed by atoms with Crippen LogP contribution in [0.5, 0.6) is 0 Å². The number of thiol groups is 1. The smallest absolute Gasteiger partial charge is 0.00382 e. The molecule has 5 fully saturated rings. The topological polar surface area (TPSA) is 0 Å². The van der Waals surface area contributed by atoms with Crippen LogP contribution in [0.3, 0.4) is 0 Å². The van der Waals surface area contributed by atoms with E-state index >= 15 is 0 Å². The third kappa shape index (κ3) is 0.989. The van der Waals surface area contributed by atoms with Gasteiger partial charge in [-0.05, 0) is 91.1 Å². The minimum Gasteiger partial charge on any atom is -0.179 e. The van der Waals surface area contributed by atoms with E-state index in [1.165, 1.54) is 29.9 Å². The molecule has 0 aliphatic heterocycles. The molecular formula is C16H24S. The van der Waals surface area contributed by atoms with E-state index in [0.29, 0.717) is 5.41 Å². The molecule has 17 heavy (non-hydrogen) atoms. The Morgan fingerprint density at radius 3 is 2.65 bits per heavy atom. The third-order valence-electron chi connectivity index (χ3n) is 7.89. The van der Waals surface area contributed by atoms with Gasteiger partial charge in [0.1, 0.15) is 0 Å². The zero-order valence-electron chi connectivity index (χ0n) is 10.6. The first-order chi connectivity index (χ1) is 8.34. The third-order valence-corrected chi connectivity index (χ3v) is 8.52. The average Bonchev–Trinajstić information content (AvgIpc) is 3.11. The van der Waals surface area contributed by atoms with Crippen molar-refractivity contribution in [1.29, 1.82) is 0 Å². The van der Waals surface area contributed by atoms with Crippen LogP contribution in [0.25, 0.3) is 0 Å². The standard InChI is InChI=1S/C16H24S/c17-8-16-5-4-9(7-16)14-12-6-13(15(14)16)11-3-1-2-10(11)12/h9-15,17H,1-8H2. The molecule has 1 heteroatoms. The van der Waals surface area contributed by atoms with E-state index < -0.39 is 0 Å². The van der Waals surface area contributed by atoms with Crippen molar-refractivity contribution in [3.8, 4) is 0 Å². The number of hydrogen-bond acceptors (Lipinski definition) is 1. The maximum Gasteiger partial charge on any atom is -0.00382 e. The summed E-state index contributed by atoms with van der Waals surface area (Å²) >= 11 is 4.78. The summed E-state index contributed by atoms with van der Waals surface area (Å²) in [4.78, 5) is 0. The average molecular weight is 248 g/mol. The highest BCUT2D eigenvalue weighted by atomic mass is 32.1. The first-order valence-corrected chi connectivity index (χ1v) is 8.58. The number of hydrogen-bond donors (Lipinski definition) is 1. The van der Waals surface area contributed by atoms with Crippen LogP contribution >= 0.6 is 12.6 Å². The number of rotatable bonds is 1. The summed E-state index contributed by atoms with van der Waals surface area (Å²) in [5.74, 6) is 9.28. The van der Waals surface area contributed by atoms with Crippen molar-refractivity contribution in [3.63, 3.8) is 0 Å². The Morgan fingerprint density at radius 1 is 1.00 bits per heavy atom. The molecule has 94 valence electrons. The van der Waals surface area contributed by atoms with Crippen molar-refractivity contribution >= 4 is 12.6 Å². The fourth-order valence-electron chi connectivity index (χ4n) is 7.74. The van der Waals surface area contributed by atoms with Gasteiger partial charge in [0.15, 0.2) is 0 Å². The molecule has 0 aromatic heterocycles. The minimum atomic E-state index is 0.714. The van der Waals surface area contributed by atoms with E-state index in [-0.39, 0.29) is 0 Å². The van der Waals surface area contributed by atoms with Crippen molar-refractivity contribution in [2.75, 3.05) is 5.75 Å². The van der Waals surface area contributed by atoms with E-state index in [1.807, 2.05) is 0 Å². The molecular weight excluding hydrogens is 224 g/mol. The molecule has 0 N–H and O–H groups in total. The van der Waals surface area contributed by atoms with Gasteiger partial charge in [-0.1, -0.05) is 6.42 Å². The van der Waals surface area contributed by atoms with Crippen LogP contribution in [0.4, 0.5) is 0 Å². The molecule has 0 heterocycles. The Hall–Kier alpha value is 0.350. The largest absolute Gasteiger partial charge is 0.179 e. The highest BCUT2D eigenvalue weighted by Gasteiger charge is 2.70. The molecule has 0 saturated heterocycles. The summed E-state index contributed by atoms with van der Waals surface area (Å²) in [7, 11) is 0. The summed E-state index contributed by atoms with van der Waals surface area (Å²) in [6, 6.07) is 0. The lowest BCUT2D eigenvalue weighted by Gasteiger charge is -2.45. The van der Waals surface area contributed by atoms with Crippen LogP contribution < -0.4 is 0 Å². The molecule has 0 nitrogen and oxygen atoms in total. The van der Waals surface area contributed by atoms with Crippen molar-refractivity contribution in [3.05, 3.63) is 0 Å². The van der Waals surface area contributed by atoms with Crippen LogP contribution in [0.15, 0.2) is 0 Å². The van der Waals surface area contributed by atoms with E-state index in [1.54, 1.807) is 38.5 Å². The summed E-state index contributed by atoms with van der Waals surface area (Å²) < 4.78 is 0. The quantitative estimate of drug-likeness (QED) is 0.526. The summed E-state index contributed by atoms with van der Waals surface area (Å²) in [6.45, 7) is 0. The maximum atomic E-state index is 4.78. The van der Waals surface area contributed by atoms with E-state index in [4.69, 9.17) is 12.6 Å².